The van der Waals surface area contributed by atoms with Gasteiger partial charge in [0.1, 0.15) is 22.3 Å². The Morgan fingerprint density at radius 3 is 2.69 bits per heavy atom. The van der Waals surface area contributed by atoms with Crippen LogP contribution in [0.3, 0.4) is 0 Å². The first kappa shape index (κ1) is 20.0. The van der Waals surface area contributed by atoms with Gasteiger partial charge in [-0.25, -0.2) is 15.0 Å². The zero-order valence-corrected chi connectivity index (χ0v) is 15.3. The number of hydrogen-bond donors (Lipinski definition) is 3. The van der Waals surface area contributed by atoms with E-state index in [1.165, 1.54) is 17.5 Å². The summed E-state index contributed by atoms with van der Waals surface area (Å²) >= 11 is 1.19. The second-order valence-electron chi connectivity index (χ2n) is 5.73. The molecule has 10 nitrogen and oxygen atoms in total. The van der Waals surface area contributed by atoms with Crippen molar-refractivity contribution in [3.63, 3.8) is 0 Å². The maximum absolute atomic E-state index is 11.2. The molecule has 0 bridgehead atoms. The van der Waals surface area contributed by atoms with E-state index in [1.54, 1.807) is 0 Å². The molecule has 1 fully saturated rings. The number of hydrogen-bond acceptors (Lipinski definition) is 9. The Hall–Kier alpha value is -2.34. The molecule has 0 unspecified atom stereocenters. The summed E-state index contributed by atoms with van der Waals surface area (Å²) in [6.07, 6.45) is 1.45. The molecule has 1 saturated heterocycles. The Morgan fingerprint density at radius 1 is 1.35 bits per heavy atom. The standard InChI is InChI=1S/C15H21N7O2S.H2O/c1-10-18-12(20-15-17-9-11(25-15)14(16)24)8-13(19-10)22-4-2-21(3-5-22)6-7-23;/h8-9,23H,2-7H2,1H3,(H2,16,24)(H,17,18,19,20);1H2. The number of anilines is 3. The lowest BCUT2D eigenvalue weighted by molar-refractivity contribution is 0.100. The maximum Gasteiger partial charge on any atom is 0.260 e. The lowest BCUT2D eigenvalue weighted by atomic mass is 10.3. The SMILES string of the molecule is Cc1nc(Nc2ncc(C(N)=O)s2)cc(N2CCN(CCO)CC2)n1.O. The fraction of sp³-hybridized carbons (Fsp3) is 0.467. The molecule has 0 aliphatic carbocycles. The summed E-state index contributed by atoms with van der Waals surface area (Å²) in [5.74, 6) is 1.64. The number of aryl methyl sites for hydroxylation is 1. The summed E-state index contributed by atoms with van der Waals surface area (Å²) in [7, 11) is 0. The minimum atomic E-state index is -0.495. The number of rotatable bonds is 6. The van der Waals surface area contributed by atoms with Gasteiger partial charge in [0, 0.05) is 38.8 Å². The average Bonchev–Trinajstić information content (AvgIpc) is 3.04. The predicted molar refractivity (Wildman–Crippen MR) is 100 cm³/mol. The number of thiazole rings is 1. The van der Waals surface area contributed by atoms with Gasteiger partial charge in [-0.15, -0.1) is 0 Å². The molecule has 3 rings (SSSR count). The van der Waals surface area contributed by atoms with Gasteiger partial charge in [0.05, 0.1) is 12.8 Å². The summed E-state index contributed by atoms with van der Waals surface area (Å²) in [4.78, 5) is 29.0. The van der Waals surface area contributed by atoms with Crippen molar-refractivity contribution in [2.45, 2.75) is 6.92 Å². The van der Waals surface area contributed by atoms with E-state index in [4.69, 9.17) is 10.8 Å². The predicted octanol–water partition coefficient (Wildman–Crippen LogP) is -0.626. The van der Waals surface area contributed by atoms with Crippen molar-refractivity contribution in [3.8, 4) is 0 Å². The Kier molecular flexibility index (Phi) is 6.80. The van der Waals surface area contributed by atoms with Crippen molar-refractivity contribution in [2.75, 3.05) is 49.5 Å². The van der Waals surface area contributed by atoms with Crippen LogP contribution in [0.5, 0.6) is 0 Å². The number of carbonyl (C=O) groups excluding carboxylic acids is 1. The summed E-state index contributed by atoms with van der Waals surface area (Å²) in [6.45, 7) is 6.20. The summed E-state index contributed by atoms with van der Waals surface area (Å²) in [5, 5.41) is 12.7. The number of β-amino-alcohol motifs (C(OH)–C–C–N with tert-alkyl or cyclic N) is 1. The maximum atomic E-state index is 11.2. The van der Waals surface area contributed by atoms with Gasteiger partial charge in [-0.1, -0.05) is 11.3 Å². The molecule has 2 aromatic rings. The molecule has 142 valence electrons. The first-order valence-corrected chi connectivity index (χ1v) is 8.83. The Morgan fingerprint density at radius 2 is 2.08 bits per heavy atom. The van der Waals surface area contributed by atoms with Gasteiger partial charge in [-0.3, -0.25) is 9.69 Å². The molecular formula is C15H23N7O3S. The van der Waals surface area contributed by atoms with Crippen LogP contribution in [0.4, 0.5) is 16.8 Å². The van der Waals surface area contributed by atoms with E-state index in [-0.39, 0.29) is 12.1 Å². The molecule has 2 aromatic heterocycles. The number of nitrogens with zero attached hydrogens (tertiary/aromatic N) is 5. The molecule has 6 N–H and O–H groups in total. The first-order chi connectivity index (χ1) is 12.0. The number of nitrogens with one attached hydrogen (secondary N) is 1. The van der Waals surface area contributed by atoms with Gasteiger partial charge >= 0.3 is 0 Å². The highest BCUT2D eigenvalue weighted by atomic mass is 32.1. The number of aliphatic hydroxyl groups excluding tert-OH is 1. The number of carbonyl (C=O) groups is 1. The van der Waals surface area contributed by atoms with Crippen LogP contribution in [-0.4, -0.2) is 75.7 Å². The van der Waals surface area contributed by atoms with E-state index in [0.717, 1.165) is 32.0 Å². The molecule has 0 saturated carbocycles. The number of amides is 1. The minimum absolute atomic E-state index is 0. The van der Waals surface area contributed by atoms with E-state index in [2.05, 4.69) is 30.1 Å². The number of piperazine rings is 1. The van der Waals surface area contributed by atoms with Gasteiger partial charge in [0.2, 0.25) is 0 Å². The normalized spacial score (nSPS) is 14.8. The number of primary amides is 1. The summed E-state index contributed by atoms with van der Waals surface area (Å²) in [5.41, 5.74) is 5.25. The van der Waals surface area contributed by atoms with Crippen molar-refractivity contribution >= 4 is 34.0 Å². The Bertz CT molecular complexity index is 747. The second-order valence-corrected chi connectivity index (χ2v) is 6.76. The van der Waals surface area contributed by atoms with E-state index in [0.29, 0.717) is 28.2 Å². The largest absolute Gasteiger partial charge is 0.412 e. The molecule has 3 heterocycles. The zero-order valence-electron chi connectivity index (χ0n) is 14.5. The Balaban J connectivity index is 0.00000243. The van der Waals surface area contributed by atoms with Crippen LogP contribution in [0.1, 0.15) is 15.5 Å². The van der Waals surface area contributed by atoms with Crippen molar-refractivity contribution < 1.29 is 15.4 Å². The van der Waals surface area contributed by atoms with Gasteiger partial charge in [-0.2, -0.15) is 0 Å². The quantitative estimate of drug-likeness (QED) is 0.598. The average molecular weight is 381 g/mol. The van der Waals surface area contributed by atoms with E-state index in [9.17, 15) is 4.79 Å². The molecule has 1 amide bonds. The van der Waals surface area contributed by atoms with Gasteiger partial charge in [0.25, 0.3) is 5.91 Å². The van der Waals surface area contributed by atoms with Crippen LogP contribution in [0.2, 0.25) is 0 Å². The molecule has 26 heavy (non-hydrogen) atoms. The topological polar surface area (TPSA) is 152 Å². The van der Waals surface area contributed by atoms with Crippen LogP contribution in [0, 0.1) is 6.92 Å². The number of nitrogens with two attached hydrogens (primary N) is 1. The van der Waals surface area contributed by atoms with Crippen molar-refractivity contribution in [2.24, 2.45) is 5.73 Å². The van der Waals surface area contributed by atoms with Crippen LogP contribution in [-0.2, 0) is 0 Å². The lowest BCUT2D eigenvalue weighted by Crippen LogP contribution is -2.47. The summed E-state index contributed by atoms with van der Waals surface area (Å²) in [6, 6.07) is 1.88. The van der Waals surface area contributed by atoms with Crippen LogP contribution in [0.15, 0.2) is 12.3 Å². The highest BCUT2D eigenvalue weighted by Gasteiger charge is 2.19. The van der Waals surface area contributed by atoms with Gasteiger partial charge in [-0.05, 0) is 6.92 Å². The van der Waals surface area contributed by atoms with Crippen molar-refractivity contribution in [3.05, 3.63) is 23.0 Å². The second kappa shape index (κ2) is 8.85. The van der Waals surface area contributed by atoms with Gasteiger partial charge < -0.3 is 26.5 Å². The van der Waals surface area contributed by atoms with E-state index >= 15 is 0 Å². The van der Waals surface area contributed by atoms with Crippen molar-refractivity contribution in [1.29, 1.82) is 0 Å². The molecule has 0 atom stereocenters. The lowest BCUT2D eigenvalue weighted by Gasteiger charge is -2.35. The molecule has 0 radical (unpaired) electrons. The zero-order chi connectivity index (χ0) is 17.8. The number of aliphatic hydroxyl groups is 1. The monoisotopic (exact) mass is 381 g/mol. The van der Waals surface area contributed by atoms with E-state index in [1.807, 2.05) is 13.0 Å². The fourth-order valence-electron chi connectivity index (χ4n) is 2.68. The highest BCUT2D eigenvalue weighted by Crippen LogP contribution is 2.24. The third-order valence-corrected chi connectivity index (χ3v) is 4.85. The molecular weight excluding hydrogens is 358 g/mol. The van der Waals surface area contributed by atoms with E-state index < -0.39 is 5.91 Å². The third kappa shape index (κ3) is 4.85. The summed E-state index contributed by atoms with van der Waals surface area (Å²) < 4.78 is 0. The first-order valence-electron chi connectivity index (χ1n) is 8.01. The minimum Gasteiger partial charge on any atom is -0.412 e. The smallest absolute Gasteiger partial charge is 0.260 e. The molecule has 1 aliphatic rings. The van der Waals surface area contributed by atoms with Gasteiger partial charge in [0.15, 0.2) is 5.13 Å². The number of aromatic nitrogens is 3. The molecule has 1 aliphatic heterocycles. The fourth-order valence-corrected chi connectivity index (χ4v) is 3.35. The highest BCUT2D eigenvalue weighted by molar-refractivity contribution is 7.17. The molecule has 0 spiro atoms. The van der Waals surface area contributed by atoms with Crippen LogP contribution in [0.25, 0.3) is 0 Å². The molecule has 11 heteroatoms. The van der Waals surface area contributed by atoms with Crippen molar-refractivity contribution in [1.82, 2.24) is 19.9 Å². The third-order valence-electron chi connectivity index (χ3n) is 3.92. The molecule has 0 aromatic carbocycles. The van der Waals surface area contributed by atoms with Crippen LogP contribution < -0.4 is 16.0 Å². The van der Waals surface area contributed by atoms with Crippen LogP contribution >= 0.6 is 11.3 Å². The Labute approximate surface area is 155 Å².